The number of amides is 8. The number of carbonyl (C=O) groups is 7. The van der Waals surface area contributed by atoms with Crippen LogP contribution < -0.4 is 16.4 Å². The molecule has 0 spiro atoms. The van der Waals surface area contributed by atoms with Gasteiger partial charge in [0.1, 0.15) is 33.6 Å². The normalized spacial score (nSPS) is 16.4. The Balaban J connectivity index is 1.21. The van der Waals surface area contributed by atoms with E-state index in [2.05, 4.69) is 15.7 Å². The first-order valence-corrected chi connectivity index (χ1v) is 23.2. The first-order valence-electron chi connectivity index (χ1n) is 22.4. The minimum atomic E-state index is -1.36. The van der Waals surface area contributed by atoms with Crippen LogP contribution in [0.3, 0.4) is 0 Å². The largest absolute Gasteiger partial charge is 0.379 e. The number of benzene rings is 2. The highest BCUT2D eigenvalue weighted by atomic mass is 32.2. The van der Waals surface area contributed by atoms with E-state index in [0.29, 0.717) is 25.4 Å². The van der Waals surface area contributed by atoms with E-state index in [1.165, 1.54) is 38.1 Å². The smallest absolute Gasteiger partial charge is 0.365 e. The highest BCUT2D eigenvalue weighted by Crippen LogP contribution is 2.51. The van der Waals surface area contributed by atoms with Gasteiger partial charge in [0.15, 0.2) is 0 Å². The third-order valence-corrected chi connectivity index (χ3v) is 12.3. The average Bonchev–Trinajstić information content (AvgIpc) is 3.88. The highest BCUT2D eigenvalue weighted by Gasteiger charge is 2.50. The minimum Gasteiger partial charge on any atom is -0.379 e. The number of nitrogens with two attached hydrogens (primary N) is 1. The molecule has 0 radical (unpaired) electrons. The molecule has 378 valence electrons. The lowest BCUT2D eigenvalue weighted by Crippen LogP contribution is -2.56. The molecule has 0 saturated heterocycles. The monoisotopic (exact) mass is 988 g/mol. The lowest BCUT2D eigenvalue weighted by atomic mass is 9.98. The predicted octanol–water partition coefficient (Wildman–Crippen LogP) is 2.65. The topological polar surface area (TPSA) is 241 Å². The molecular weight excluding hydrogens is 927 g/mol. The van der Waals surface area contributed by atoms with Crippen LogP contribution in [0.15, 0.2) is 65.8 Å². The Hall–Kier alpha value is -5.85. The number of carbonyl (C=O) groups excluding carboxylic acids is 7. The molecule has 4 rings (SSSR count). The molecular formula is C46H62F2N8O12S. The van der Waals surface area contributed by atoms with Gasteiger partial charge in [-0.2, -0.15) is 10.1 Å². The number of rotatable bonds is 30. The van der Waals surface area contributed by atoms with Crippen molar-refractivity contribution >= 4 is 58.3 Å². The van der Waals surface area contributed by atoms with Crippen LogP contribution in [0.4, 0.5) is 13.6 Å². The molecule has 2 aliphatic rings. The molecule has 2 aromatic rings. The standard InChI is InChI=1S/C46H62F2N8O12S/c1-31(2)41(51-38(58)17-22-65-24-26-67-28-29-68-27-25-66-23-19-50-37(57)16-21-55-39(59)14-15-40(55)60)44(62)54(32(3)42(49)61)20-9-18-46(33-10-7-6-8-11-33)56(45(63)53(4)64-5)52-43(69-46)35-30-34(47)12-13-36(35)48/h6-8,10-15,30-32,41H,9,16-29H2,1-5H3,(H2,49,61)(H,50,57)(H,51,58)/t32-,41-,46-/m0/s1. The van der Waals surface area contributed by atoms with Crippen molar-refractivity contribution in [1.82, 2.24) is 30.5 Å². The summed E-state index contributed by atoms with van der Waals surface area (Å²) in [6.45, 7) is 7.08. The molecule has 3 atom stereocenters. The Bertz CT molecular complexity index is 2140. The molecule has 8 amide bonds. The van der Waals surface area contributed by atoms with Gasteiger partial charge in [0.25, 0.3) is 11.8 Å². The van der Waals surface area contributed by atoms with Crippen LogP contribution in [0, 0.1) is 17.6 Å². The molecule has 2 aliphatic heterocycles. The maximum atomic E-state index is 15.2. The highest BCUT2D eigenvalue weighted by molar-refractivity contribution is 8.15. The zero-order valence-electron chi connectivity index (χ0n) is 39.5. The van der Waals surface area contributed by atoms with Gasteiger partial charge >= 0.3 is 6.03 Å². The summed E-state index contributed by atoms with van der Waals surface area (Å²) in [5, 5.41) is 12.1. The van der Waals surface area contributed by atoms with Crippen LogP contribution >= 0.6 is 11.8 Å². The lowest BCUT2D eigenvalue weighted by molar-refractivity contribution is -0.143. The van der Waals surface area contributed by atoms with Crippen LogP contribution in [0.5, 0.6) is 0 Å². The third-order valence-electron chi connectivity index (χ3n) is 10.9. The summed E-state index contributed by atoms with van der Waals surface area (Å²) in [5.41, 5.74) is 6.16. The average molecular weight is 989 g/mol. The van der Waals surface area contributed by atoms with Crippen LogP contribution in [-0.4, -0.2) is 165 Å². The number of imide groups is 1. The van der Waals surface area contributed by atoms with Crippen molar-refractivity contribution in [3.05, 3.63) is 83.4 Å². The zero-order chi connectivity index (χ0) is 50.5. The minimum absolute atomic E-state index is 0.00154. The number of halogens is 2. The van der Waals surface area contributed by atoms with Crippen molar-refractivity contribution in [3.63, 3.8) is 0 Å². The Morgan fingerprint density at radius 1 is 0.841 bits per heavy atom. The SMILES string of the molecule is CON(C)C(=O)N1N=C(c2cc(F)ccc2F)S[C@@]1(CCCN(C(=O)[C@@H](NC(=O)CCOCCOCCOCCOCCNC(=O)CCN1C(=O)C=CC1=O)C(C)C)[C@@H](C)C(N)=O)c1ccccc1. The molecule has 0 fully saturated rings. The van der Waals surface area contributed by atoms with Crippen LogP contribution in [0.1, 0.15) is 57.6 Å². The maximum absolute atomic E-state index is 15.2. The van der Waals surface area contributed by atoms with Crippen LogP contribution in [0.25, 0.3) is 0 Å². The Kier molecular flexibility index (Phi) is 22.6. The van der Waals surface area contributed by atoms with Gasteiger partial charge in [0.05, 0.1) is 60.0 Å². The van der Waals surface area contributed by atoms with E-state index in [9.17, 15) is 38.0 Å². The quantitative estimate of drug-likeness (QED) is 0.0581. The molecule has 0 bridgehead atoms. The number of nitrogens with zero attached hydrogens (tertiary/aromatic N) is 5. The number of hydrazone groups is 1. The van der Waals surface area contributed by atoms with E-state index in [0.717, 1.165) is 44.9 Å². The summed E-state index contributed by atoms with van der Waals surface area (Å²) in [7, 11) is 2.67. The van der Waals surface area contributed by atoms with E-state index < -0.39 is 70.1 Å². The van der Waals surface area contributed by atoms with E-state index in [1.807, 2.05) is 0 Å². The number of nitrogens with one attached hydrogen (secondary N) is 2. The predicted molar refractivity (Wildman–Crippen MR) is 248 cm³/mol. The number of primary amides is 1. The van der Waals surface area contributed by atoms with Crippen molar-refractivity contribution in [2.45, 2.75) is 63.4 Å². The summed E-state index contributed by atoms with van der Waals surface area (Å²) in [6, 6.07) is 8.89. The molecule has 0 aliphatic carbocycles. The van der Waals surface area contributed by atoms with Gasteiger partial charge < -0.3 is 40.2 Å². The fourth-order valence-corrected chi connectivity index (χ4v) is 8.39. The maximum Gasteiger partial charge on any atom is 0.365 e. The summed E-state index contributed by atoms with van der Waals surface area (Å²) in [5.74, 6) is -4.85. The molecule has 4 N–H and O–H groups in total. The molecule has 0 unspecified atom stereocenters. The molecule has 0 saturated carbocycles. The van der Waals surface area contributed by atoms with Crippen molar-refractivity contribution in [2.75, 3.05) is 86.6 Å². The van der Waals surface area contributed by atoms with Gasteiger partial charge in [-0.3, -0.25) is 38.5 Å². The summed E-state index contributed by atoms with van der Waals surface area (Å²) >= 11 is 1.03. The number of hydrogen-bond acceptors (Lipinski definition) is 14. The molecule has 23 heteroatoms. The molecule has 0 aromatic heterocycles. The van der Waals surface area contributed by atoms with Crippen LogP contribution in [-0.2, 0) is 57.4 Å². The summed E-state index contributed by atoms with van der Waals surface area (Å²) in [6.07, 6.45) is 2.50. The van der Waals surface area contributed by atoms with E-state index in [-0.39, 0.29) is 94.9 Å². The molecule has 69 heavy (non-hydrogen) atoms. The zero-order valence-corrected chi connectivity index (χ0v) is 40.3. The van der Waals surface area contributed by atoms with Gasteiger partial charge in [-0.25, -0.2) is 18.6 Å². The van der Waals surface area contributed by atoms with Gasteiger partial charge in [0.2, 0.25) is 23.6 Å². The van der Waals surface area contributed by atoms with Gasteiger partial charge in [0, 0.05) is 57.2 Å². The van der Waals surface area contributed by atoms with Gasteiger partial charge in [-0.15, -0.1) is 0 Å². The second-order valence-electron chi connectivity index (χ2n) is 16.0. The van der Waals surface area contributed by atoms with Gasteiger partial charge in [-0.05, 0) is 49.4 Å². The lowest BCUT2D eigenvalue weighted by Gasteiger charge is -2.38. The fourth-order valence-electron chi connectivity index (χ4n) is 6.97. The number of hydroxylamine groups is 2. The number of thioether (sulfide) groups is 1. The second-order valence-corrected chi connectivity index (χ2v) is 17.3. The summed E-state index contributed by atoms with van der Waals surface area (Å²) in [4.78, 5) is 95.0. The Morgan fingerprint density at radius 2 is 1.45 bits per heavy atom. The van der Waals surface area contributed by atoms with E-state index >= 15 is 4.39 Å². The number of hydrogen-bond donors (Lipinski definition) is 3. The fraction of sp³-hybridized carbons (Fsp3) is 0.522. The first-order chi connectivity index (χ1) is 33.0. The first kappa shape index (κ1) is 55.7. The molecule has 2 heterocycles. The number of urea groups is 1. The van der Waals surface area contributed by atoms with Crippen molar-refractivity contribution in [2.24, 2.45) is 16.8 Å². The molecule has 2 aromatic carbocycles. The van der Waals surface area contributed by atoms with E-state index in [1.54, 1.807) is 44.2 Å². The van der Waals surface area contributed by atoms with Crippen molar-refractivity contribution in [3.8, 4) is 0 Å². The van der Waals surface area contributed by atoms with Crippen molar-refractivity contribution in [1.29, 1.82) is 0 Å². The van der Waals surface area contributed by atoms with E-state index in [4.69, 9.17) is 29.5 Å². The third kappa shape index (κ3) is 16.4. The van der Waals surface area contributed by atoms with Gasteiger partial charge in [-0.1, -0.05) is 55.9 Å². The molecule has 20 nitrogen and oxygen atoms in total. The Labute approximate surface area is 404 Å². The van der Waals surface area contributed by atoms with Crippen molar-refractivity contribution < 1.29 is 66.1 Å². The van der Waals surface area contributed by atoms with Crippen LogP contribution in [0.2, 0.25) is 0 Å². The Morgan fingerprint density at radius 3 is 2.04 bits per heavy atom. The number of ether oxygens (including phenoxy) is 4. The summed E-state index contributed by atoms with van der Waals surface area (Å²) < 4.78 is 51.6. The second kappa shape index (κ2) is 28.0.